The molecule has 0 saturated carbocycles. The summed E-state index contributed by atoms with van der Waals surface area (Å²) in [6, 6.07) is 6.34. The first kappa shape index (κ1) is 12.1. The number of rotatable bonds is 2. The fourth-order valence-corrected chi connectivity index (χ4v) is 3.19. The van der Waals surface area contributed by atoms with E-state index in [0.29, 0.717) is 6.04 Å². The van der Waals surface area contributed by atoms with Gasteiger partial charge in [-0.25, -0.2) is 0 Å². The minimum atomic E-state index is 0.622. The minimum absolute atomic E-state index is 0.622. The molecule has 16 heavy (non-hydrogen) atoms. The summed E-state index contributed by atoms with van der Waals surface area (Å²) < 4.78 is 0. The van der Waals surface area contributed by atoms with Crippen molar-refractivity contribution in [2.45, 2.75) is 19.5 Å². The van der Waals surface area contributed by atoms with Crippen molar-refractivity contribution in [2.24, 2.45) is 0 Å². The number of anilines is 1. The molecule has 1 unspecified atom stereocenters. The van der Waals surface area contributed by atoms with Gasteiger partial charge in [-0.1, -0.05) is 11.6 Å². The lowest BCUT2D eigenvalue weighted by atomic mass is 10.1. The smallest absolute Gasteiger partial charge is 0.0452 e. The number of nitrogens with zero attached hydrogens (tertiary/aromatic N) is 1. The first-order valence-electron chi connectivity index (χ1n) is 5.52. The van der Waals surface area contributed by atoms with Crippen LogP contribution in [0.25, 0.3) is 0 Å². The van der Waals surface area contributed by atoms with Crippen LogP contribution in [-0.4, -0.2) is 29.0 Å². The highest BCUT2D eigenvalue weighted by molar-refractivity contribution is 7.99. The molecule has 1 aliphatic rings. The SMILES string of the molecule is CC1CSCCN1Cc1cc(N)ccc1Cl. The van der Waals surface area contributed by atoms with Crippen molar-refractivity contribution in [2.75, 3.05) is 23.8 Å². The fourth-order valence-electron chi connectivity index (χ4n) is 1.93. The van der Waals surface area contributed by atoms with E-state index >= 15 is 0 Å². The van der Waals surface area contributed by atoms with E-state index in [1.165, 1.54) is 11.5 Å². The van der Waals surface area contributed by atoms with Gasteiger partial charge in [0.2, 0.25) is 0 Å². The normalized spacial score (nSPS) is 22.2. The van der Waals surface area contributed by atoms with Gasteiger partial charge in [0.15, 0.2) is 0 Å². The minimum Gasteiger partial charge on any atom is -0.399 e. The molecule has 1 aromatic carbocycles. The molecule has 2 nitrogen and oxygen atoms in total. The molecule has 2 N–H and O–H groups in total. The molecule has 1 saturated heterocycles. The third kappa shape index (κ3) is 2.84. The molecule has 0 amide bonds. The van der Waals surface area contributed by atoms with E-state index in [0.717, 1.165) is 29.4 Å². The van der Waals surface area contributed by atoms with E-state index in [-0.39, 0.29) is 0 Å². The van der Waals surface area contributed by atoms with E-state index in [1.54, 1.807) is 0 Å². The van der Waals surface area contributed by atoms with Gasteiger partial charge in [-0.3, -0.25) is 4.90 Å². The quantitative estimate of drug-likeness (QED) is 0.825. The highest BCUT2D eigenvalue weighted by Gasteiger charge is 2.19. The predicted molar refractivity (Wildman–Crippen MR) is 73.1 cm³/mol. The molecule has 0 aromatic heterocycles. The Kier molecular flexibility index (Phi) is 4.00. The van der Waals surface area contributed by atoms with Crippen LogP contribution in [0.1, 0.15) is 12.5 Å². The van der Waals surface area contributed by atoms with Crippen LogP contribution >= 0.6 is 23.4 Å². The molecule has 0 aliphatic carbocycles. The van der Waals surface area contributed by atoms with Crippen molar-refractivity contribution in [1.29, 1.82) is 0 Å². The molecule has 0 radical (unpaired) electrons. The van der Waals surface area contributed by atoms with Gasteiger partial charge in [-0.15, -0.1) is 0 Å². The lowest BCUT2D eigenvalue weighted by Gasteiger charge is -2.33. The summed E-state index contributed by atoms with van der Waals surface area (Å²) in [6.45, 7) is 4.31. The number of hydrogen-bond acceptors (Lipinski definition) is 3. The zero-order valence-electron chi connectivity index (χ0n) is 9.45. The summed E-state index contributed by atoms with van der Waals surface area (Å²) in [5.74, 6) is 2.42. The van der Waals surface area contributed by atoms with E-state index in [1.807, 2.05) is 30.0 Å². The van der Waals surface area contributed by atoms with Crippen LogP contribution < -0.4 is 5.73 Å². The van der Waals surface area contributed by atoms with Crippen molar-refractivity contribution in [3.8, 4) is 0 Å². The van der Waals surface area contributed by atoms with Crippen molar-refractivity contribution < 1.29 is 0 Å². The van der Waals surface area contributed by atoms with E-state index in [2.05, 4.69) is 11.8 Å². The van der Waals surface area contributed by atoms with Crippen LogP contribution in [-0.2, 0) is 6.54 Å². The number of thioether (sulfide) groups is 1. The Bertz CT molecular complexity index is 370. The van der Waals surface area contributed by atoms with Crippen molar-refractivity contribution in [1.82, 2.24) is 4.90 Å². The number of hydrogen-bond donors (Lipinski definition) is 1. The van der Waals surface area contributed by atoms with E-state index < -0.39 is 0 Å². The first-order chi connectivity index (χ1) is 7.66. The number of halogens is 1. The zero-order valence-corrected chi connectivity index (χ0v) is 11.0. The van der Waals surface area contributed by atoms with Crippen LogP contribution in [0.5, 0.6) is 0 Å². The third-order valence-corrected chi connectivity index (χ3v) is 4.51. The third-order valence-electron chi connectivity index (χ3n) is 2.95. The summed E-state index contributed by atoms with van der Waals surface area (Å²) in [7, 11) is 0. The highest BCUT2D eigenvalue weighted by atomic mass is 35.5. The molecule has 0 spiro atoms. The molecule has 1 heterocycles. The Morgan fingerprint density at radius 3 is 3.12 bits per heavy atom. The second-order valence-corrected chi connectivity index (χ2v) is 5.80. The van der Waals surface area contributed by atoms with Gasteiger partial charge in [0.05, 0.1) is 0 Å². The Labute approximate surface area is 106 Å². The predicted octanol–water partition coefficient (Wildman–Crippen LogP) is 2.86. The van der Waals surface area contributed by atoms with Crippen LogP contribution in [0.3, 0.4) is 0 Å². The van der Waals surface area contributed by atoms with Crippen LogP contribution in [0, 0.1) is 0 Å². The van der Waals surface area contributed by atoms with Crippen LogP contribution in [0.2, 0.25) is 5.02 Å². The number of nitrogen functional groups attached to an aromatic ring is 1. The summed E-state index contributed by atoms with van der Waals surface area (Å²) in [6.07, 6.45) is 0. The summed E-state index contributed by atoms with van der Waals surface area (Å²) >= 11 is 8.20. The van der Waals surface area contributed by atoms with Crippen molar-refractivity contribution in [3.05, 3.63) is 28.8 Å². The standard InChI is InChI=1S/C12H17ClN2S/c1-9-8-16-5-4-15(9)7-10-6-11(14)2-3-12(10)13/h2-3,6,9H,4-5,7-8,14H2,1H3. The van der Waals surface area contributed by atoms with E-state index in [4.69, 9.17) is 17.3 Å². The summed E-state index contributed by atoms with van der Waals surface area (Å²) in [4.78, 5) is 2.47. The Balaban J connectivity index is 2.10. The molecule has 1 aromatic rings. The number of benzene rings is 1. The second kappa shape index (κ2) is 5.30. The molecular weight excluding hydrogens is 240 g/mol. The summed E-state index contributed by atoms with van der Waals surface area (Å²) in [5.41, 5.74) is 7.72. The maximum atomic E-state index is 6.18. The van der Waals surface area contributed by atoms with E-state index in [9.17, 15) is 0 Å². The molecule has 88 valence electrons. The maximum Gasteiger partial charge on any atom is 0.0452 e. The molecule has 2 rings (SSSR count). The Morgan fingerprint density at radius 1 is 1.56 bits per heavy atom. The largest absolute Gasteiger partial charge is 0.399 e. The lowest BCUT2D eigenvalue weighted by molar-refractivity contribution is 0.224. The van der Waals surface area contributed by atoms with Gasteiger partial charge in [0.1, 0.15) is 0 Å². The van der Waals surface area contributed by atoms with Crippen molar-refractivity contribution in [3.63, 3.8) is 0 Å². The van der Waals surface area contributed by atoms with Gasteiger partial charge in [-0.05, 0) is 30.7 Å². The van der Waals surface area contributed by atoms with Gasteiger partial charge in [0, 0.05) is 41.3 Å². The molecule has 1 aliphatic heterocycles. The van der Waals surface area contributed by atoms with Crippen molar-refractivity contribution >= 4 is 29.1 Å². The monoisotopic (exact) mass is 256 g/mol. The first-order valence-corrected chi connectivity index (χ1v) is 7.06. The average Bonchev–Trinajstić information content (AvgIpc) is 2.27. The second-order valence-electron chi connectivity index (χ2n) is 4.25. The van der Waals surface area contributed by atoms with Crippen LogP contribution in [0.4, 0.5) is 5.69 Å². The zero-order chi connectivity index (χ0) is 11.5. The molecule has 1 atom stereocenters. The highest BCUT2D eigenvalue weighted by Crippen LogP contribution is 2.24. The molecular formula is C12H17ClN2S. The Hall–Kier alpha value is -0.380. The molecule has 1 fully saturated rings. The topological polar surface area (TPSA) is 29.3 Å². The number of nitrogens with two attached hydrogens (primary N) is 1. The van der Waals surface area contributed by atoms with Gasteiger partial charge in [-0.2, -0.15) is 11.8 Å². The molecule has 0 bridgehead atoms. The van der Waals surface area contributed by atoms with Crippen LogP contribution in [0.15, 0.2) is 18.2 Å². The Morgan fingerprint density at radius 2 is 2.38 bits per heavy atom. The average molecular weight is 257 g/mol. The lowest BCUT2D eigenvalue weighted by Crippen LogP contribution is -2.39. The van der Waals surface area contributed by atoms with Gasteiger partial charge < -0.3 is 5.73 Å². The van der Waals surface area contributed by atoms with Gasteiger partial charge >= 0.3 is 0 Å². The molecule has 4 heteroatoms. The van der Waals surface area contributed by atoms with Gasteiger partial charge in [0.25, 0.3) is 0 Å². The maximum absolute atomic E-state index is 6.18. The summed E-state index contributed by atoms with van der Waals surface area (Å²) in [5, 5.41) is 0.819. The fraction of sp³-hybridized carbons (Fsp3) is 0.500.